The molecule has 0 unspecified atom stereocenters. The molecule has 3 rings (SSSR count). The van der Waals surface area contributed by atoms with Gasteiger partial charge in [0.25, 0.3) is 0 Å². The number of carbonyl (C=O) groups is 1. The van der Waals surface area contributed by atoms with Crippen LogP contribution in [0, 0.1) is 0 Å². The lowest BCUT2D eigenvalue weighted by Crippen LogP contribution is -2.28. The fourth-order valence-electron chi connectivity index (χ4n) is 3.14. The largest absolute Gasteiger partial charge is 0.376 e. The Balaban J connectivity index is 1.60. The van der Waals surface area contributed by atoms with Gasteiger partial charge in [0.1, 0.15) is 0 Å². The summed E-state index contributed by atoms with van der Waals surface area (Å²) in [6.07, 6.45) is 1.75. The Kier molecular flexibility index (Phi) is 7.07. The van der Waals surface area contributed by atoms with E-state index in [1.54, 1.807) is 31.3 Å². The van der Waals surface area contributed by atoms with Gasteiger partial charge in [0, 0.05) is 30.4 Å². The predicted molar refractivity (Wildman–Crippen MR) is 122 cm³/mol. The molecule has 0 bridgehead atoms. The van der Waals surface area contributed by atoms with Crippen LogP contribution in [0.25, 0.3) is 10.8 Å². The lowest BCUT2D eigenvalue weighted by Gasteiger charge is -2.17. The van der Waals surface area contributed by atoms with Crippen LogP contribution in [0.15, 0.2) is 71.6 Å². The summed E-state index contributed by atoms with van der Waals surface area (Å²) in [5, 5.41) is 8.00. The van der Waals surface area contributed by atoms with Crippen LogP contribution in [0.3, 0.4) is 0 Å². The van der Waals surface area contributed by atoms with E-state index in [1.165, 1.54) is 4.31 Å². The number of nitrogens with zero attached hydrogens (tertiary/aromatic N) is 1. The smallest absolute Gasteiger partial charge is 0.243 e. The molecule has 0 heterocycles. The zero-order chi connectivity index (χ0) is 21.6. The second-order valence-corrected chi connectivity index (χ2v) is 9.18. The van der Waals surface area contributed by atoms with Crippen LogP contribution >= 0.6 is 0 Å². The number of hydrogen-bond acceptors (Lipinski definition) is 4. The van der Waals surface area contributed by atoms with Gasteiger partial charge >= 0.3 is 0 Å². The topological polar surface area (TPSA) is 78.5 Å². The van der Waals surface area contributed by atoms with Crippen molar-refractivity contribution >= 4 is 38.1 Å². The molecule has 3 aromatic rings. The number of rotatable bonds is 9. The minimum absolute atomic E-state index is 0.0751. The van der Waals surface area contributed by atoms with Gasteiger partial charge in [-0.05, 0) is 42.1 Å². The number of carbonyl (C=O) groups excluding carboxylic acids is 1. The van der Waals surface area contributed by atoms with Crippen LogP contribution in [0.2, 0.25) is 0 Å². The fraction of sp³-hybridized carbons (Fsp3) is 0.261. The summed E-state index contributed by atoms with van der Waals surface area (Å²) in [6, 6.07) is 20.1. The first kappa shape index (κ1) is 21.8. The van der Waals surface area contributed by atoms with Gasteiger partial charge < -0.3 is 10.6 Å². The maximum atomic E-state index is 12.6. The van der Waals surface area contributed by atoms with Gasteiger partial charge in [-0.25, -0.2) is 12.7 Å². The summed E-state index contributed by atoms with van der Waals surface area (Å²) in [6.45, 7) is 2.59. The second kappa shape index (κ2) is 9.73. The van der Waals surface area contributed by atoms with Gasteiger partial charge in [-0.2, -0.15) is 0 Å². The molecule has 30 heavy (non-hydrogen) atoms. The normalized spacial score (nSPS) is 11.6. The fourth-order valence-corrected chi connectivity index (χ4v) is 4.35. The van der Waals surface area contributed by atoms with E-state index in [0.717, 1.165) is 29.3 Å². The number of unbranched alkanes of at least 4 members (excludes halogenated alkanes) is 1. The Morgan fingerprint density at radius 1 is 0.967 bits per heavy atom. The van der Waals surface area contributed by atoms with Crippen molar-refractivity contribution in [2.45, 2.75) is 24.7 Å². The van der Waals surface area contributed by atoms with Gasteiger partial charge in [-0.1, -0.05) is 49.7 Å². The molecule has 1 amide bonds. The molecule has 3 aromatic carbocycles. The highest BCUT2D eigenvalue weighted by molar-refractivity contribution is 7.89. The Labute approximate surface area is 178 Å². The van der Waals surface area contributed by atoms with E-state index in [1.807, 2.05) is 49.4 Å². The summed E-state index contributed by atoms with van der Waals surface area (Å²) in [5.41, 5.74) is 1.44. The average Bonchev–Trinajstić information content (AvgIpc) is 2.76. The van der Waals surface area contributed by atoms with Crippen molar-refractivity contribution in [1.29, 1.82) is 0 Å². The molecule has 2 N–H and O–H groups in total. The Morgan fingerprint density at radius 2 is 1.67 bits per heavy atom. The Bertz CT molecular complexity index is 1110. The third-order valence-electron chi connectivity index (χ3n) is 4.91. The maximum Gasteiger partial charge on any atom is 0.243 e. The first-order valence-corrected chi connectivity index (χ1v) is 11.4. The zero-order valence-corrected chi connectivity index (χ0v) is 18.1. The van der Waals surface area contributed by atoms with E-state index in [-0.39, 0.29) is 17.3 Å². The van der Waals surface area contributed by atoms with Gasteiger partial charge in [-0.3, -0.25) is 4.79 Å². The standard InChI is InChI=1S/C23H27N3O3S/c1-3-4-16-26(2)30(28,29)20-14-12-19(13-15-20)24-17-23(27)25-22-11-7-9-18-8-5-6-10-21(18)22/h5-15,24H,3-4,16-17H2,1-2H3,(H,25,27). The first-order valence-electron chi connectivity index (χ1n) is 9.99. The van der Waals surface area contributed by atoms with Crippen molar-refractivity contribution in [2.24, 2.45) is 0 Å². The number of hydrogen-bond donors (Lipinski definition) is 2. The molecular formula is C23H27N3O3S. The minimum Gasteiger partial charge on any atom is -0.376 e. The zero-order valence-electron chi connectivity index (χ0n) is 17.3. The molecule has 0 atom stereocenters. The van der Waals surface area contributed by atoms with E-state index < -0.39 is 10.0 Å². The molecule has 7 heteroatoms. The quantitative estimate of drug-likeness (QED) is 0.535. The summed E-state index contributed by atoms with van der Waals surface area (Å²) in [7, 11) is -1.90. The third kappa shape index (κ3) is 5.17. The van der Waals surface area contributed by atoms with Crippen LogP contribution in [0.5, 0.6) is 0 Å². The second-order valence-electron chi connectivity index (χ2n) is 7.13. The highest BCUT2D eigenvalue weighted by Gasteiger charge is 2.19. The molecule has 6 nitrogen and oxygen atoms in total. The van der Waals surface area contributed by atoms with Crippen molar-refractivity contribution in [3.63, 3.8) is 0 Å². The van der Waals surface area contributed by atoms with Crippen LogP contribution in [-0.4, -0.2) is 38.8 Å². The van der Waals surface area contributed by atoms with Crippen molar-refractivity contribution in [2.75, 3.05) is 30.8 Å². The summed E-state index contributed by atoms with van der Waals surface area (Å²) in [5.74, 6) is -0.178. The van der Waals surface area contributed by atoms with Gasteiger partial charge in [-0.15, -0.1) is 0 Å². The molecule has 0 saturated carbocycles. The molecule has 0 aliphatic rings. The Hall–Kier alpha value is -2.90. The lowest BCUT2D eigenvalue weighted by molar-refractivity contribution is -0.114. The van der Waals surface area contributed by atoms with Crippen molar-refractivity contribution in [3.8, 4) is 0 Å². The number of sulfonamides is 1. The van der Waals surface area contributed by atoms with Crippen LogP contribution in [0.1, 0.15) is 19.8 Å². The Morgan fingerprint density at radius 3 is 2.40 bits per heavy atom. The number of benzene rings is 3. The number of anilines is 2. The maximum absolute atomic E-state index is 12.6. The van der Waals surface area contributed by atoms with Crippen molar-refractivity contribution in [1.82, 2.24) is 4.31 Å². The van der Waals surface area contributed by atoms with E-state index in [2.05, 4.69) is 10.6 Å². The van der Waals surface area contributed by atoms with E-state index in [0.29, 0.717) is 12.2 Å². The molecule has 0 aliphatic carbocycles. The monoisotopic (exact) mass is 425 g/mol. The van der Waals surface area contributed by atoms with E-state index in [4.69, 9.17) is 0 Å². The number of fused-ring (bicyclic) bond motifs is 1. The molecule has 158 valence electrons. The van der Waals surface area contributed by atoms with E-state index in [9.17, 15) is 13.2 Å². The van der Waals surface area contributed by atoms with Crippen LogP contribution < -0.4 is 10.6 Å². The summed E-state index contributed by atoms with van der Waals surface area (Å²) >= 11 is 0. The molecular weight excluding hydrogens is 398 g/mol. The van der Waals surface area contributed by atoms with Gasteiger partial charge in [0.05, 0.1) is 11.4 Å². The minimum atomic E-state index is -3.49. The third-order valence-corrected chi connectivity index (χ3v) is 6.78. The molecule has 0 saturated heterocycles. The predicted octanol–water partition coefficient (Wildman–Crippen LogP) is 4.31. The molecule has 0 aromatic heterocycles. The van der Waals surface area contributed by atoms with E-state index >= 15 is 0 Å². The lowest BCUT2D eigenvalue weighted by atomic mass is 10.1. The summed E-state index contributed by atoms with van der Waals surface area (Å²) in [4.78, 5) is 12.6. The van der Waals surface area contributed by atoms with Crippen LogP contribution in [0.4, 0.5) is 11.4 Å². The van der Waals surface area contributed by atoms with Crippen molar-refractivity contribution in [3.05, 3.63) is 66.7 Å². The molecule has 0 radical (unpaired) electrons. The number of amides is 1. The first-order chi connectivity index (χ1) is 14.4. The molecule has 0 aliphatic heterocycles. The number of nitrogens with one attached hydrogen (secondary N) is 2. The average molecular weight is 426 g/mol. The molecule has 0 spiro atoms. The highest BCUT2D eigenvalue weighted by Crippen LogP contribution is 2.23. The van der Waals surface area contributed by atoms with Crippen molar-refractivity contribution < 1.29 is 13.2 Å². The molecule has 0 fully saturated rings. The highest BCUT2D eigenvalue weighted by atomic mass is 32.2. The van der Waals surface area contributed by atoms with Gasteiger partial charge in [0.2, 0.25) is 15.9 Å². The SMILES string of the molecule is CCCCN(C)S(=O)(=O)c1ccc(NCC(=O)Nc2cccc3ccccc23)cc1. The van der Waals surface area contributed by atoms with Gasteiger partial charge in [0.15, 0.2) is 0 Å². The summed E-state index contributed by atoms with van der Waals surface area (Å²) < 4.78 is 26.5. The van der Waals surface area contributed by atoms with Crippen LogP contribution in [-0.2, 0) is 14.8 Å².